The van der Waals surface area contributed by atoms with Crippen LogP contribution in [-0.4, -0.2) is 35.2 Å². The number of aryl methyl sites for hydroxylation is 1. The third-order valence-electron chi connectivity index (χ3n) is 2.39. The summed E-state index contributed by atoms with van der Waals surface area (Å²) in [6.07, 6.45) is -4.48. The van der Waals surface area contributed by atoms with E-state index >= 15 is 0 Å². The number of benzene rings is 1. The minimum absolute atomic E-state index is 0.201. The van der Waals surface area contributed by atoms with Crippen molar-refractivity contribution in [1.82, 2.24) is 4.90 Å². The van der Waals surface area contributed by atoms with E-state index in [-0.39, 0.29) is 6.54 Å². The van der Waals surface area contributed by atoms with E-state index in [1.54, 1.807) is 0 Å². The predicted molar refractivity (Wildman–Crippen MR) is 60.1 cm³/mol. The Balaban J connectivity index is 2.81. The van der Waals surface area contributed by atoms with Gasteiger partial charge in [-0.2, -0.15) is 13.2 Å². The van der Waals surface area contributed by atoms with Gasteiger partial charge in [-0.1, -0.05) is 12.1 Å². The van der Waals surface area contributed by atoms with Gasteiger partial charge in [-0.3, -0.25) is 9.69 Å². The molecule has 0 radical (unpaired) electrons. The van der Waals surface area contributed by atoms with Gasteiger partial charge in [0, 0.05) is 6.54 Å². The topological polar surface area (TPSA) is 40.5 Å². The van der Waals surface area contributed by atoms with E-state index in [1.807, 2.05) is 0 Å². The summed E-state index contributed by atoms with van der Waals surface area (Å²) in [5.41, 5.74) is 0.740. The van der Waals surface area contributed by atoms with Crippen LogP contribution in [0.25, 0.3) is 0 Å². The Morgan fingerprint density at radius 2 is 2.00 bits per heavy atom. The Morgan fingerprint density at radius 3 is 2.47 bits per heavy atom. The average Bonchev–Trinajstić information content (AvgIpc) is 2.20. The fourth-order valence-electron chi connectivity index (χ4n) is 1.68. The monoisotopic (exact) mass is 279 g/mol. The van der Waals surface area contributed by atoms with Gasteiger partial charge >= 0.3 is 12.1 Å². The number of halogens is 4. The van der Waals surface area contributed by atoms with Crippen LogP contribution in [0, 0.1) is 12.7 Å². The van der Waals surface area contributed by atoms with Gasteiger partial charge in [0.05, 0.1) is 13.1 Å². The molecule has 0 atom stereocenters. The van der Waals surface area contributed by atoms with E-state index in [2.05, 4.69) is 0 Å². The molecule has 0 bridgehead atoms. The third-order valence-corrected chi connectivity index (χ3v) is 2.39. The molecule has 0 saturated carbocycles. The van der Waals surface area contributed by atoms with Crippen molar-refractivity contribution in [3.8, 4) is 0 Å². The normalized spacial score (nSPS) is 11.9. The second kappa shape index (κ2) is 6.01. The predicted octanol–water partition coefficient (Wildman–Crippen LogP) is 2.58. The lowest BCUT2D eigenvalue weighted by Crippen LogP contribution is -2.37. The van der Waals surface area contributed by atoms with E-state index in [4.69, 9.17) is 5.11 Å². The lowest BCUT2D eigenvalue weighted by atomic mass is 10.1. The molecule has 1 aromatic carbocycles. The highest BCUT2D eigenvalue weighted by atomic mass is 19.4. The lowest BCUT2D eigenvalue weighted by molar-refractivity contribution is -0.154. The van der Waals surface area contributed by atoms with Crippen molar-refractivity contribution in [1.29, 1.82) is 0 Å². The van der Waals surface area contributed by atoms with Crippen LogP contribution in [0.4, 0.5) is 17.6 Å². The Bertz CT molecular complexity index is 460. The van der Waals surface area contributed by atoms with Crippen molar-refractivity contribution >= 4 is 5.97 Å². The van der Waals surface area contributed by atoms with E-state index < -0.39 is 31.1 Å². The second-order valence-electron chi connectivity index (χ2n) is 4.24. The highest BCUT2D eigenvalue weighted by molar-refractivity contribution is 5.69. The first-order valence-corrected chi connectivity index (χ1v) is 5.43. The molecule has 0 aliphatic rings. The molecule has 0 aromatic heterocycles. The van der Waals surface area contributed by atoms with Gasteiger partial charge in [-0.25, -0.2) is 4.39 Å². The van der Waals surface area contributed by atoms with Gasteiger partial charge < -0.3 is 5.11 Å². The van der Waals surface area contributed by atoms with Crippen molar-refractivity contribution in [3.05, 3.63) is 35.1 Å². The minimum atomic E-state index is -4.48. The molecule has 0 aliphatic heterocycles. The number of aliphatic carboxylic acids is 1. The van der Waals surface area contributed by atoms with Crippen molar-refractivity contribution in [3.63, 3.8) is 0 Å². The molecular weight excluding hydrogens is 266 g/mol. The average molecular weight is 279 g/mol. The maximum absolute atomic E-state index is 13.0. The molecule has 0 unspecified atom stereocenters. The SMILES string of the molecule is Cc1cc(CN(CC(=O)O)CC(F)(F)F)ccc1F. The van der Waals surface area contributed by atoms with Crippen LogP contribution in [-0.2, 0) is 11.3 Å². The van der Waals surface area contributed by atoms with Crippen molar-refractivity contribution < 1.29 is 27.5 Å². The first-order chi connectivity index (χ1) is 8.67. The maximum atomic E-state index is 13.0. The van der Waals surface area contributed by atoms with Gasteiger partial charge in [0.25, 0.3) is 0 Å². The highest BCUT2D eigenvalue weighted by Gasteiger charge is 2.31. The molecule has 0 fully saturated rings. The van der Waals surface area contributed by atoms with Crippen molar-refractivity contribution in [2.24, 2.45) is 0 Å². The van der Waals surface area contributed by atoms with E-state index in [1.165, 1.54) is 19.1 Å². The summed E-state index contributed by atoms with van der Waals surface area (Å²) in [6.45, 7) is -0.761. The van der Waals surface area contributed by atoms with Crippen LogP contribution < -0.4 is 0 Å². The molecule has 0 amide bonds. The molecule has 3 nitrogen and oxygen atoms in total. The van der Waals surface area contributed by atoms with Crippen LogP contribution >= 0.6 is 0 Å². The zero-order valence-electron chi connectivity index (χ0n) is 10.2. The van der Waals surface area contributed by atoms with Crippen LogP contribution in [0.2, 0.25) is 0 Å². The van der Waals surface area contributed by atoms with E-state index in [0.29, 0.717) is 11.1 Å². The molecule has 0 heterocycles. The molecule has 7 heteroatoms. The van der Waals surface area contributed by atoms with Gasteiger partial charge in [-0.15, -0.1) is 0 Å². The van der Waals surface area contributed by atoms with Gasteiger partial charge in [0.2, 0.25) is 0 Å². The standard InChI is InChI=1S/C12H13F4NO2/c1-8-4-9(2-3-10(8)13)5-17(6-11(18)19)7-12(14,15)16/h2-4H,5-7H2,1H3,(H,18,19). The first-order valence-electron chi connectivity index (χ1n) is 5.43. The number of nitrogens with zero attached hydrogens (tertiary/aromatic N) is 1. The van der Waals surface area contributed by atoms with Gasteiger partial charge in [-0.05, 0) is 24.1 Å². The Morgan fingerprint density at radius 1 is 1.37 bits per heavy atom. The van der Waals surface area contributed by atoms with Crippen molar-refractivity contribution in [2.75, 3.05) is 13.1 Å². The third kappa shape index (κ3) is 5.69. The smallest absolute Gasteiger partial charge is 0.401 e. The van der Waals surface area contributed by atoms with Crippen LogP contribution in [0.3, 0.4) is 0 Å². The molecule has 1 N–H and O–H groups in total. The molecule has 0 aliphatic carbocycles. The number of alkyl halides is 3. The molecular formula is C12H13F4NO2. The lowest BCUT2D eigenvalue weighted by Gasteiger charge is -2.22. The minimum Gasteiger partial charge on any atom is -0.480 e. The summed E-state index contributed by atoms with van der Waals surface area (Å²) in [5.74, 6) is -1.80. The summed E-state index contributed by atoms with van der Waals surface area (Å²) in [6, 6.07) is 3.89. The second-order valence-corrected chi connectivity index (χ2v) is 4.24. The fourth-order valence-corrected chi connectivity index (χ4v) is 1.68. The van der Waals surface area contributed by atoms with Gasteiger partial charge in [0.1, 0.15) is 5.82 Å². The van der Waals surface area contributed by atoms with Crippen LogP contribution in [0.5, 0.6) is 0 Å². The molecule has 19 heavy (non-hydrogen) atoms. The number of carboxylic acid groups (broad SMARTS) is 1. The number of rotatable bonds is 5. The Labute approximate surface area is 107 Å². The van der Waals surface area contributed by atoms with Crippen LogP contribution in [0.15, 0.2) is 18.2 Å². The summed E-state index contributed by atoms with van der Waals surface area (Å²) in [7, 11) is 0. The maximum Gasteiger partial charge on any atom is 0.401 e. The summed E-state index contributed by atoms with van der Waals surface area (Å²) in [5, 5.41) is 8.59. The highest BCUT2D eigenvalue weighted by Crippen LogP contribution is 2.18. The molecule has 0 saturated heterocycles. The molecule has 106 valence electrons. The van der Waals surface area contributed by atoms with Crippen LogP contribution in [0.1, 0.15) is 11.1 Å². The van der Waals surface area contributed by atoms with E-state index in [0.717, 1.165) is 11.0 Å². The summed E-state index contributed by atoms with van der Waals surface area (Å²) >= 11 is 0. The Hall–Kier alpha value is -1.63. The quantitative estimate of drug-likeness (QED) is 0.842. The first kappa shape index (κ1) is 15.4. The fraction of sp³-hybridized carbons (Fsp3) is 0.417. The molecule has 0 spiro atoms. The number of carbonyl (C=O) groups is 1. The number of hydrogen-bond acceptors (Lipinski definition) is 2. The van der Waals surface area contributed by atoms with Gasteiger partial charge in [0.15, 0.2) is 0 Å². The summed E-state index contributed by atoms with van der Waals surface area (Å²) < 4.78 is 50.0. The largest absolute Gasteiger partial charge is 0.480 e. The number of carboxylic acids is 1. The van der Waals surface area contributed by atoms with E-state index in [9.17, 15) is 22.4 Å². The summed E-state index contributed by atoms with van der Waals surface area (Å²) in [4.78, 5) is 11.3. The zero-order chi connectivity index (χ0) is 14.6. The molecule has 1 rings (SSSR count). The van der Waals surface area contributed by atoms with Crippen molar-refractivity contribution in [2.45, 2.75) is 19.6 Å². The molecule has 1 aromatic rings. The Kier molecular flexibility index (Phi) is 4.88. The zero-order valence-corrected chi connectivity index (χ0v) is 10.2. The number of hydrogen-bond donors (Lipinski definition) is 1.